The molecule has 0 amide bonds. The van der Waals surface area contributed by atoms with Crippen LogP contribution in [0.3, 0.4) is 0 Å². The van der Waals surface area contributed by atoms with Crippen molar-refractivity contribution in [2.45, 2.75) is 62.3 Å². The van der Waals surface area contributed by atoms with Crippen LogP contribution in [0.15, 0.2) is 67.1 Å². The Kier molecular flexibility index (Phi) is 23.6. The van der Waals surface area contributed by atoms with Crippen LogP contribution < -0.4 is 9.13 Å². The van der Waals surface area contributed by atoms with Crippen molar-refractivity contribution in [3.8, 4) is 0 Å². The Labute approximate surface area is 181 Å². The van der Waals surface area contributed by atoms with Crippen LogP contribution in [0.4, 0.5) is 0 Å². The second-order valence-electron chi connectivity index (χ2n) is 5.67. The zero-order valence-corrected chi connectivity index (χ0v) is 21.2. The van der Waals surface area contributed by atoms with Crippen molar-refractivity contribution >= 4 is 0 Å². The van der Waals surface area contributed by atoms with Crippen molar-refractivity contribution in [2.24, 2.45) is 21.1 Å². The van der Waals surface area contributed by atoms with Gasteiger partial charge in [-0.05, 0) is 19.1 Å². The highest BCUT2D eigenvalue weighted by atomic mass is 14.9. The van der Waals surface area contributed by atoms with Gasteiger partial charge in [0.05, 0.1) is 0 Å². The minimum Gasteiger partial charge on any atom is -0.355 e. The number of hydrogen-bond donors (Lipinski definition) is 0. The molecule has 0 unspecified atom stereocenters. The molecular weight excluding hydrogens is 354 g/mol. The highest BCUT2D eigenvalue weighted by molar-refractivity contribution is 5.02. The van der Waals surface area contributed by atoms with E-state index in [0.717, 1.165) is 0 Å². The molecule has 3 aromatic heterocycles. The third-order valence-corrected chi connectivity index (χ3v) is 3.83. The van der Waals surface area contributed by atoms with Crippen LogP contribution in [0.2, 0.25) is 0 Å². The van der Waals surface area contributed by atoms with E-state index in [0.29, 0.717) is 0 Å². The van der Waals surface area contributed by atoms with Gasteiger partial charge in [0.1, 0.15) is 14.1 Å². The van der Waals surface area contributed by atoms with E-state index in [2.05, 4.69) is 52.7 Å². The number of hydrogen-bond acceptors (Lipinski definition) is 0. The predicted octanol–water partition coefficient (Wildman–Crippen LogP) is 6.05. The zero-order chi connectivity index (χ0) is 23.2. The topological polar surface area (TPSA) is 12.7 Å². The lowest BCUT2D eigenvalue weighted by atomic mass is 10.4. The van der Waals surface area contributed by atoms with Crippen molar-refractivity contribution in [2.75, 3.05) is 0 Å². The molecule has 0 aliphatic rings. The van der Waals surface area contributed by atoms with E-state index in [4.69, 9.17) is 0 Å². The number of rotatable bonds is 0. The van der Waals surface area contributed by atoms with E-state index >= 15 is 0 Å². The molecule has 0 aromatic carbocycles. The smallest absolute Gasteiger partial charge is 0.177 e. The molecule has 3 rings (SSSR count). The molecule has 0 bridgehead atoms. The third-order valence-electron chi connectivity index (χ3n) is 3.83. The van der Waals surface area contributed by atoms with Crippen LogP contribution in [0, 0.1) is 20.8 Å². The van der Waals surface area contributed by atoms with Gasteiger partial charge in [-0.15, -0.1) is 0 Å². The Balaban J connectivity index is -0.000000310. The number of pyridine rings is 2. The molecule has 0 spiro atoms. The van der Waals surface area contributed by atoms with E-state index in [9.17, 15) is 0 Å². The highest BCUT2D eigenvalue weighted by Crippen LogP contribution is 1.93. The Hall–Kier alpha value is -2.42. The first-order valence-corrected chi connectivity index (χ1v) is 10.8. The lowest BCUT2D eigenvalue weighted by Crippen LogP contribution is -2.30. The van der Waals surface area contributed by atoms with Gasteiger partial charge in [0.2, 0.25) is 0 Å². The summed E-state index contributed by atoms with van der Waals surface area (Å²) in [5.41, 5.74) is 3.88. The van der Waals surface area contributed by atoms with Gasteiger partial charge in [-0.25, -0.2) is 9.13 Å². The fourth-order valence-electron chi connectivity index (χ4n) is 1.76. The molecule has 3 heterocycles. The molecule has 0 saturated carbocycles. The Morgan fingerprint density at radius 1 is 0.586 bits per heavy atom. The summed E-state index contributed by atoms with van der Waals surface area (Å²) >= 11 is 0. The van der Waals surface area contributed by atoms with Crippen LogP contribution in [0.5, 0.6) is 0 Å². The van der Waals surface area contributed by atoms with E-state index < -0.39 is 0 Å². The summed E-state index contributed by atoms with van der Waals surface area (Å²) in [5.74, 6) is 0. The van der Waals surface area contributed by atoms with Crippen LogP contribution in [-0.2, 0) is 21.1 Å². The SMILES string of the molecule is CC.CC.CC.Cc1cccc[n+]1C.Cc1cccc[n+]1C.Cc1cccn1C. The molecular formula is C26H47N3+2. The number of aryl methyl sites for hydroxylation is 6. The fraction of sp³-hybridized carbons (Fsp3) is 0.462. The van der Waals surface area contributed by atoms with Gasteiger partial charge in [-0.2, -0.15) is 0 Å². The Morgan fingerprint density at radius 2 is 0.966 bits per heavy atom. The van der Waals surface area contributed by atoms with Crippen molar-refractivity contribution in [3.05, 3.63) is 84.2 Å². The van der Waals surface area contributed by atoms with E-state index in [-0.39, 0.29) is 0 Å². The molecule has 0 N–H and O–H groups in total. The average Bonchev–Trinajstić information content (AvgIpc) is 3.14. The molecule has 3 heteroatoms. The minimum atomic E-state index is 1.28. The fourth-order valence-corrected chi connectivity index (χ4v) is 1.76. The van der Waals surface area contributed by atoms with Crippen molar-refractivity contribution in [3.63, 3.8) is 0 Å². The standard InChI is InChI=1S/2C7H10N.C6H9N.3C2H6/c2*1-7-5-3-4-6-8(7)2;1-6-4-3-5-7(6)2;3*1-2/h2*3-6H,1-2H3;3-5H,1-2H3;3*1-2H3/q2*+1;;;;. The van der Waals surface area contributed by atoms with Gasteiger partial charge in [-0.3, -0.25) is 0 Å². The molecule has 3 nitrogen and oxygen atoms in total. The van der Waals surface area contributed by atoms with Gasteiger partial charge in [0.15, 0.2) is 23.8 Å². The van der Waals surface area contributed by atoms with Crippen LogP contribution in [0.25, 0.3) is 0 Å². The maximum atomic E-state index is 2.08. The molecule has 0 fully saturated rings. The lowest BCUT2D eigenvalue weighted by molar-refractivity contribution is -0.677. The molecule has 29 heavy (non-hydrogen) atoms. The summed E-state index contributed by atoms with van der Waals surface area (Å²) in [6, 6.07) is 16.4. The summed E-state index contributed by atoms with van der Waals surface area (Å²) in [4.78, 5) is 0. The molecule has 0 atom stereocenters. The van der Waals surface area contributed by atoms with E-state index in [1.165, 1.54) is 17.1 Å². The quantitative estimate of drug-likeness (QED) is 0.407. The third kappa shape index (κ3) is 16.3. The Bertz CT molecular complexity index is 613. The number of aromatic nitrogens is 3. The van der Waals surface area contributed by atoms with Crippen LogP contribution in [-0.4, -0.2) is 4.57 Å². The lowest BCUT2D eigenvalue weighted by Gasteiger charge is -1.89. The van der Waals surface area contributed by atoms with Crippen LogP contribution in [0.1, 0.15) is 58.6 Å². The minimum absolute atomic E-state index is 1.28. The van der Waals surface area contributed by atoms with Crippen LogP contribution >= 0.6 is 0 Å². The van der Waals surface area contributed by atoms with Gasteiger partial charge in [0, 0.05) is 57.1 Å². The first-order chi connectivity index (χ1) is 13.9. The summed E-state index contributed by atoms with van der Waals surface area (Å²) < 4.78 is 6.25. The molecule has 0 saturated heterocycles. The molecule has 3 aromatic rings. The van der Waals surface area contributed by atoms with Gasteiger partial charge < -0.3 is 4.57 Å². The summed E-state index contributed by atoms with van der Waals surface area (Å²) in [6.07, 6.45) is 6.11. The predicted molar refractivity (Wildman–Crippen MR) is 129 cm³/mol. The maximum absolute atomic E-state index is 2.08. The second-order valence-corrected chi connectivity index (χ2v) is 5.67. The van der Waals surface area contributed by atoms with E-state index in [1.807, 2.05) is 112 Å². The molecule has 0 aliphatic heterocycles. The monoisotopic (exact) mass is 401 g/mol. The van der Waals surface area contributed by atoms with Gasteiger partial charge in [-0.1, -0.05) is 53.7 Å². The number of nitrogens with zero attached hydrogens (tertiary/aromatic N) is 3. The second kappa shape index (κ2) is 21.9. The van der Waals surface area contributed by atoms with Gasteiger partial charge >= 0.3 is 0 Å². The van der Waals surface area contributed by atoms with Crippen molar-refractivity contribution in [1.82, 2.24) is 4.57 Å². The summed E-state index contributed by atoms with van der Waals surface area (Å²) in [7, 11) is 6.11. The van der Waals surface area contributed by atoms with Gasteiger partial charge in [0.25, 0.3) is 0 Å². The molecule has 0 radical (unpaired) electrons. The largest absolute Gasteiger partial charge is 0.355 e. The van der Waals surface area contributed by atoms with Crippen molar-refractivity contribution in [1.29, 1.82) is 0 Å². The van der Waals surface area contributed by atoms with Crippen molar-refractivity contribution < 1.29 is 9.13 Å². The summed E-state index contributed by atoms with van der Waals surface area (Å²) in [5, 5.41) is 0. The normalized spacial score (nSPS) is 8.00. The summed E-state index contributed by atoms with van der Waals surface area (Å²) in [6.45, 7) is 18.2. The Morgan fingerprint density at radius 3 is 1.10 bits per heavy atom. The maximum Gasteiger partial charge on any atom is 0.177 e. The van der Waals surface area contributed by atoms with E-state index in [1.54, 1.807) is 0 Å². The zero-order valence-electron chi connectivity index (χ0n) is 21.2. The first-order valence-electron chi connectivity index (χ1n) is 10.8. The molecule has 164 valence electrons. The first kappa shape index (κ1) is 31.3. The average molecular weight is 402 g/mol. The molecule has 0 aliphatic carbocycles. The highest BCUT2D eigenvalue weighted by Gasteiger charge is 1.92.